The molecule has 0 radical (unpaired) electrons. The van der Waals surface area contributed by atoms with Crippen molar-refractivity contribution in [3.63, 3.8) is 0 Å². The first-order valence-electron chi connectivity index (χ1n) is 12.1. The van der Waals surface area contributed by atoms with Crippen LogP contribution >= 0.6 is 0 Å². The minimum atomic E-state index is -2.86. The standard InChI is InChI=1S/C28H42O4Si/c1-7-8-15-22(2)25(20-29)26(30)28(6,31)21-32-33(27(3,4)5,23-16-11-9-12-17-23)24-18-13-10-14-19-24/h9-14,16-20,22,25-26,30-31H,7-8,15,21H2,1-6H3/t22?,25-,26?,28+/m0/s1. The minimum absolute atomic E-state index is 0.0169. The van der Waals surface area contributed by atoms with Crippen LogP contribution in [0.4, 0.5) is 0 Å². The van der Waals surface area contributed by atoms with Gasteiger partial charge in [-0.1, -0.05) is 108 Å². The van der Waals surface area contributed by atoms with Gasteiger partial charge in [0, 0.05) is 5.92 Å². The van der Waals surface area contributed by atoms with Gasteiger partial charge in [-0.15, -0.1) is 0 Å². The zero-order chi connectivity index (χ0) is 24.7. The molecule has 2 N–H and O–H groups in total. The van der Waals surface area contributed by atoms with E-state index in [1.54, 1.807) is 6.92 Å². The third kappa shape index (κ3) is 6.21. The summed E-state index contributed by atoms with van der Waals surface area (Å²) in [5, 5.41) is 24.4. The summed E-state index contributed by atoms with van der Waals surface area (Å²) in [5.41, 5.74) is -1.57. The Bertz CT molecular complexity index is 806. The topological polar surface area (TPSA) is 66.8 Å². The van der Waals surface area contributed by atoms with Crippen molar-refractivity contribution >= 4 is 25.0 Å². The van der Waals surface area contributed by atoms with E-state index in [0.717, 1.165) is 35.9 Å². The highest BCUT2D eigenvalue weighted by Gasteiger charge is 2.52. The van der Waals surface area contributed by atoms with E-state index in [1.807, 2.05) is 43.3 Å². The zero-order valence-electron chi connectivity index (χ0n) is 21.1. The molecule has 0 aromatic heterocycles. The van der Waals surface area contributed by atoms with Gasteiger partial charge in [0.15, 0.2) is 0 Å². The van der Waals surface area contributed by atoms with Crippen molar-refractivity contribution in [2.75, 3.05) is 6.61 Å². The Morgan fingerprint density at radius 2 is 1.45 bits per heavy atom. The van der Waals surface area contributed by atoms with Crippen LogP contribution in [0.25, 0.3) is 0 Å². The minimum Gasteiger partial charge on any atom is -0.404 e. The number of aliphatic hydroxyl groups excluding tert-OH is 1. The summed E-state index contributed by atoms with van der Waals surface area (Å²) in [6, 6.07) is 20.4. The van der Waals surface area contributed by atoms with Crippen molar-refractivity contribution in [1.29, 1.82) is 0 Å². The van der Waals surface area contributed by atoms with Crippen molar-refractivity contribution in [2.45, 2.75) is 77.5 Å². The van der Waals surface area contributed by atoms with E-state index in [-0.39, 0.29) is 17.6 Å². The van der Waals surface area contributed by atoms with Crippen molar-refractivity contribution in [2.24, 2.45) is 11.8 Å². The first-order valence-corrected chi connectivity index (χ1v) is 14.0. The Balaban J connectivity index is 2.44. The predicted octanol–water partition coefficient (Wildman–Crippen LogP) is 4.32. The lowest BCUT2D eigenvalue weighted by Gasteiger charge is -2.45. The SMILES string of the molecule is CCCCC(C)[C@H](C=O)C(O)[C@](C)(O)CO[Si](c1ccccc1)(c1ccccc1)C(C)(C)C. The summed E-state index contributed by atoms with van der Waals surface area (Å²) in [5.74, 6) is -0.661. The third-order valence-corrected chi connectivity index (χ3v) is 11.8. The number of aldehydes is 1. The molecule has 0 spiro atoms. The fourth-order valence-corrected chi connectivity index (χ4v) is 9.42. The fraction of sp³-hybridized carbons (Fsp3) is 0.536. The molecule has 4 nitrogen and oxygen atoms in total. The Hall–Kier alpha value is -1.79. The second-order valence-corrected chi connectivity index (χ2v) is 14.9. The molecule has 0 amide bonds. The van der Waals surface area contributed by atoms with Crippen LogP contribution in [0.15, 0.2) is 60.7 Å². The molecule has 0 aliphatic carbocycles. The van der Waals surface area contributed by atoms with Gasteiger partial charge in [0.1, 0.15) is 11.9 Å². The van der Waals surface area contributed by atoms with Gasteiger partial charge in [-0.3, -0.25) is 0 Å². The lowest BCUT2D eigenvalue weighted by Crippen LogP contribution is -2.68. The van der Waals surface area contributed by atoms with Crippen LogP contribution in [-0.4, -0.2) is 43.1 Å². The van der Waals surface area contributed by atoms with Gasteiger partial charge in [-0.2, -0.15) is 0 Å². The smallest absolute Gasteiger partial charge is 0.261 e. The lowest BCUT2D eigenvalue weighted by atomic mass is 9.80. The molecule has 0 aliphatic heterocycles. The number of hydrogen-bond donors (Lipinski definition) is 2. The zero-order valence-corrected chi connectivity index (χ0v) is 22.1. The normalized spacial score (nSPS) is 17.1. The van der Waals surface area contributed by atoms with Crippen LogP contribution in [0.3, 0.4) is 0 Å². The van der Waals surface area contributed by atoms with E-state index in [0.29, 0.717) is 0 Å². The van der Waals surface area contributed by atoms with Gasteiger partial charge < -0.3 is 19.4 Å². The molecule has 33 heavy (non-hydrogen) atoms. The highest BCUT2D eigenvalue weighted by Crippen LogP contribution is 2.38. The molecule has 2 aromatic carbocycles. The second-order valence-electron chi connectivity index (χ2n) is 10.6. The Kier molecular flexibility index (Phi) is 9.62. The maximum absolute atomic E-state index is 11.9. The van der Waals surface area contributed by atoms with E-state index in [4.69, 9.17) is 4.43 Å². The number of benzene rings is 2. The largest absolute Gasteiger partial charge is 0.404 e. The van der Waals surface area contributed by atoms with Gasteiger partial charge in [-0.25, -0.2) is 0 Å². The molecule has 5 heteroatoms. The first-order chi connectivity index (χ1) is 15.5. The number of unbranched alkanes of at least 4 members (excludes halogenated alkanes) is 1. The molecule has 182 valence electrons. The summed E-state index contributed by atoms with van der Waals surface area (Å²) in [4.78, 5) is 11.9. The second kappa shape index (κ2) is 11.6. The molecule has 0 aliphatic rings. The Morgan fingerprint density at radius 3 is 1.85 bits per heavy atom. The molecule has 2 aromatic rings. The van der Waals surface area contributed by atoms with Gasteiger partial charge in [0.2, 0.25) is 0 Å². The fourth-order valence-electron chi connectivity index (χ4n) is 4.75. The average molecular weight is 471 g/mol. The van der Waals surface area contributed by atoms with Gasteiger partial charge >= 0.3 is 0 Å². The van der Waals surface area contributed by atoms with Crippen LogP contribution in [-0.2, 0) is 9.22 Å². The average Bonchev–Trinajstić information content (AvgIpc) is 2.79. The monoisotopic (exact) mass is 470 g/mol. The summed E-state index contributed by atoms with van der Waals surface area (Å²) in [6.45, 7) is 12.1. The molecular formula is C28H42O4Si. The highest BCUT2D eigenvalue weighted by atomic mass is 28.4. The van der Waals surface area contributed by atoms with Crippen molar-refractivity contribution in [3.8, 4) is 0 Å². The van der Waals surface area contributed by atoms with Crippen LogP contribution in [0.1, 0.15) is 60.8 Å². The van der Waals surface area contributed by atoms with Crippen molar-refractivity contribution < 1.29 is 19.4 Å². The molecular weight excluding hydrogens is 428 g/mol. The van der Waals surface area contributed by atoms with Crippen LogP contribution in [0, 0.1) is 11.8 Å². The lowest BCUT2D eigenvalue weighted by molar-refractivity contribution is -0.137. The summed E-state index contributed by atoms with van der Waals surface area (Å²) < 4.78 is 6.82. The number of hydrogen-bond acceptors (Lipinski definition) is 4. The Labute approximate surface area is 201 Å². The van der Waals surface area contributed by atoms with E-state index in [9.17, 15) is 15.0 Å². The van der Waals surface area contributed by atoms with Gasteiger partial charge in [0.25, 0.3) is 8.32 Å². The third-order valence-electron chi connectivity index (χ3n) is 6.83. The molecule has 0 heterocycles. The van der Waals surface area contributed by atoms with Crippen LogP contribution < -0.4 is 10.4 Å². The van der Waals surface area contributed by atoms with E-state index < -0.39 is 25.9 Å². The molecule has 0 bridgehead atoms. The number of aliphatic hydroxyl groups is 2. The maximum Gasteiger partial charge on any atom is 0.261 e. The van der Waals surface area contributed by atoms with Crippen LogP contribution in [0.5, 0.6) is 0 Å². The van der Waals surface area contributed by atoms with E-state index in [1.165, 1.54) is 0 Å². The molecule has 0 saturated heterocycles. The number of carbonyl (C=O) groups excluding carboxylic acids is 1. The van der Waals surface area contributed by atoms with E-state index in [2.05, 4.69) is 52.0 Å². The molecule has 0 fully saturated rings. The maximum atomic E-state index is 11.9. The van der Waals surface area contributed by atoms with Gasteiger partial charge in [0.05, 0.1) is 12.7 Å². The molecule has 2 rings (SSSR count). The first kappa shape index (κ1) is 27.5. The summed E-state index contributed by atoms with van der Waals surface area (Å²) in [6.07, 6.45) is 2.43. The Morgan fingerprint density at radius 1 is 0.970 bits per heavy atom. The molecule has 4 atom stereocenters. The highest BCUT2D eigenvalue weighted by molar-refractivity contribution is 6.99. The van der Waals surface area contributed by atoms with Gasteiger partial charge in [-0.05, 0) is 34.7 Å². The number of rotatable bonds is 12. The van der Waals surface area contributed by atoms with Crippen LogP contribution in [0.2, 0.25) is 5.04 Å². The molecule has 2 unspecified atom stereocenters. The van der Waals surface area contributed by atoms with Crippen molar-refractivity contribution in [3.05, 3.63) is 60.7 Å². The summed E-state index contributed by atoms with van der Waals surface area (Å²) >= 11 is 0. The molecule has 0 saturated carbocycles. The van der Waals surface area contributed by atoms with E-state index >= 15 is 0 Å². The van der Waals surface area contributed by atoms with Crippen molar-refractivity contribution in [1.82, 2.24) is 0 Å². The summed E-state index contributed by atoms with van der Waals surface area (Å²) in [7, 11) is -2.86. The number of carbonyl (C=O) groups is 1. The quantitative estimate of drug-likeness (QED) is 0.358. The predicted molar refractivity (Wildman–Crippen MR) is 138 cm³/mol.